The minimum absolute atomic E-state index is 0.937. The SMILES string of the molecule is NC(=O)NC(N)=O.NC(=O)NC(N)=O.c1ccc2ccccc2c1. The van der Waals surface area contributed by atoms with Crippen LogP contribution in [0.15, 0.2) is 48.5 Å². The van der Waals surface area contributed by atoms with Gasteiger partial charge in [-0.15, -0.1) is 0 Å². The Bertz CT molecular complexity index is 604. The van der Waals surface area contributed by atoms with Crippen molar-refractivity contribution >= 4 is 34.9 Å². The molecule has 0 radical (unpaired) electrons. The predicted octanol–water partition coefficient (Wildman–Crippen LogP) is 0.307. The molecule has 0 spiro atoms. The summed E-state index contributed by atoms with van der Waals surface area (Å²) in [4.78, 5) is 38.5. The van der Waals surface area contributed by atoms with Gasteiger partial charge in [0, 0.05) is 0 Å². The number of nitrogens with two attached hydrogens (primary N) is 4. The van der Waals surface area contributed by atoms with E-state index in [0.29, 0.717) is 0 Å². The van der Waals surface area contributed by atoms with Crippen molar-refractivity contribution in [2.75, 3.05) is 0 Å². The number of hydrogen-bond donors (Lipinski definition) is 6. The van der Waals surface area contributed by atoms with Crippen LogP contribution < -0.4 is 33.6 Å². The van der Waals surface area contributed by atoms with Gasteiger partial charge in [-0.2, -0.15) is 0 Å². The lowest BCUT2D eigenvalue weighted by Gasteiger charge is -1.92. The second-order valence-corrected chi connectivity index (χ2v) is 4.05. The van der Waals surface area contributed by atoms with Crippen LogP contribution >= 0.6 is 0 Å². The highest BCUT2D eigenvalue weighted by atomic mass is 16.2. The molecule has 0 atom stereocenters. The van der Waals surface area contributed by atoms with E-state index in [-0.39, 0.29) is 0 Å². The Morgan fingerprint density at radius 2 is 0.750 bits per heavy atom. The Hall–Kier alpha value is -3.82. The fraction of sp³-hybridized carbons (Fsp3) is 0. The fourth-order valence-electron chi connectivity index (χ4n) is 1.38. The Labute approximate surface area is 137 Å². The molecule has 2 aromatic carbocycles. The highest BCUT2D eigenvalue weighted by Crippen LogP contribution is 2.11. The lowest BCUT2D eigenvalue weighted by atomic mass is 10.1. The second kappa shape index (κ2) is 10.8. The van der Waals surface area contributed by atoms with Gasteiger partial charge in [0.05, 0.1) is 0 Å². The van der Waals surface area contributed by atoms with E-state index in [1.165, 1.54) is 10.8 Å². The number of imide groups is 2. The number of hydrogen-bond acceptors (Lipinski definition) is 4. The van der Waals surface area contributed by atoms with E-state index in [2.05, 4.69) is 71.5 Å². The molecule has 128 valence electrons. The minimum Gasteiger partial charge on any atom is -0.351 e. The lowest BCUT2D eigenvalue weighted by Crippen LogP contribution is -2.38. The largest absolute Gasteiger partial charge is 0.351 e. The van der Waals surface area contributed by atoms with Crippen LogP contribution in [-0.4, -0.2) is 24.1 Å². The van der Waals surface area contributed by atoms with Crippen molar-refractivity contribution in [3.63, 3.8) is 0 Å². The molecule has 10 nitrogen and oxygen atoms in total. The molecule has 0 aliphatic carbocycles. The van der Waals surface area contributed by atoms with Crippen LogP contribution in [-0.2, 0) is 0 Å². The van der Waals surface area contributed by atoms with Crippen molar-refractivity contribution in [1.29, 1.82) is 0 Å². The molecule has 10 N–H and O–H groups in total. The zero-order chi connectivity index (χ0) is 18.5. The number of urea groups is 4. The third-order valence-electron chi connectivity index (χ3n) is 2.15. The number of carbonyl (C=O) groups excluding carboxylic acids is 4. The average Bonchev–Trinajstić information content (AvgIpc) is 2.46. The molecular formula is C14H18N6O4. The van der Waals surface area contributed by atoms with Gasteiger partial charge in [0.25, 0.3) is 0 Å². The third kappa shape index (κ3) is 10.9. The molecule has 0 unspecified atom stereocenters. The standard InChI is InChI=1S/C10H8.2C2H5N3O2/c1-2-6-10-8-4-3-7-9(10)5-1;2*3-1(6)5-2(4)7/h1-8H;2*(H5,3,4,5,6,7). The quantitative estimate of drug-likeness (QED) is 0.403. The molecule has 0 saturated carbocycles. The molecule has 2 rings (SSSR count). The molecule has 24 heavy (non-hydrogen) atoms. The lowest BCUT2D eigenvalue weighted by molar-refractivity contribution is 0.235. The van der Waals surface area contributed by atoms with Gasteiger partial charge in [-0.3, -0.25) is 10.6 Å². The van der Waals surface area contributed by atoms with Crippen LogP contribution in [0.25, 0.3) is 10.8 Å². The van der Waals surface area contributed by atoms with Gasteiger partial charge in [0.15, 0.2) is 0 Å². The maximum atomic E-state index is 9.62. The topological polar surface area (TPSA) is 196 Å². The van der Waals surface area contributed by atoms with Gasteiger partial charge in [-0.05, 0) is 10.8 Å². The zero-order valence-corrected chi connectivity index (χ0v) is 12.6. The second-order valence-electron chi connectivity index (χ2n) is 4.05. The molecule has 0 bridgehead atoms. The Kier molecular flexibility index (Phi) is 9.12. The van der Waals surface area contributed by atoms with Crippen molar-refractivity contribution < 1.29 is 19.2 Å². The summed E-state index contributed by atoms with van der Waals surface area (Å²) in [6.45, 7) is 0. The van der Waals surface area contributed by atoms with Crippen molar-refractivity contribution in [3.8, 4) is 0 Å². The van der Waals surface area contributed by atoms with E-state index < -0.39 is 24.1 Å². The Balaban J connectivity index is 0.000000343. The molecule has 0 aromatic heterocycles. The van der Waals surface area contributed by atoms with Gasteiger partial charge in [-0.1, -0.05) is 48.5 Å². The van der Waals surface area contributed by atoms with Crippen LogP contribution in [0.1, 0.15) is 0 Å². The van der Waals surface area contributed by atoms with E-state index in [1.807, 2.05) is 0 Å². The first-order valence-electron chi connectivity index (χ1n) is 6.38. The summed E-state index contributed by atoms with van der Waals surface area (Å²) in [5, 5.41) is 5.79. The van der Waals surface area contributed by atoms with E-state index in [9.17, 15) is 19.2 Å². The summed E-state index contributed by atoms with van der Waals surface area (Å²) in [6, 6.07) is 13.0. The summed E-state index contributed by atoms with van der Waals surface area (Å²) in [6.07, 6.45) is 0. The Morgan fingerprint density at radius 3 is 0.875 bits per heavy atom. The number of carbonyl (C=O) groups is 4. The summed E-state index contributed by atoms with van der Waals surface area (Å²) >= 11 is 0. The smallest absolute Gasteiger partial charge is 0.320 e. The summed E-state index contributed by atoms with van der Waals surface area (Å²) in [5.41, 5.74) is 17.8. The van der Waals surface area contributed by atoms with Crippen LogP contribution in [0, 0.1) is 0 Å². The first-order valence-corrected chi connectivity index (χ1v) is 6.38. The molecule has 0 saturated heterocycles. The molecule has 10 heteroatoms. The Morgan fingerprint density at radius 1 is 0.542 bits per heavy atom. The highest BCUT2D eigenvalue weighted by molar-refractivity contribution is 5.91. The molecular weight excluding hydrogens is 316 g/mol. The number of fused-ring (bicyclic) bond motifs is 1. The molecule has 0 aliphatic heterocycles. The number of rotatable bonds is 0. The predicted molar refractivity (Wildman–Crippen MR) is 88.6 cm³/mol. The fourth-order valence-corrected chi connectivity index (χ4v) is 1.38. The first-order chi connectivity index (χ1) is 11.2. The van der Waals surface area contributed by atoms with Gasteiger partial charge in [0.1, 0.15) is 0 Å². The highest BCUT2D eigenvalue weighted by Gasteiger charge is 1.92. The van der Waals surface area contributed by atoms with Crippen molar-refractivity contribution in [2.45, 2.75) is 0 Å². The van der Waals surface area contributed by atoms with Crippen LogP contribution in [0.5, 0.6) is 0 Å². The number of benzene rings is 2. The van der Waals surface area contributed by atoms with Crippen LogP contribution in [0.4, 0.5) is 19.2 Å². The van der Waals surface area contributed by atoms with Crippen LogP contribution in [0.3, 0.4) is 0 Å². The number of amides is 8. The number of primary amides is 4. The monoisotopic (exact) mass is 334 g/mol. The van der Waals surface area contributed by atoms with Gasteiger partial charge < -0.3 is 22.9 Å². The molecule has 0 aliphatic rings. The van der Waals surface area contributed by atoms with Gasteiger partial charge >= 0.3 is 24.1 Å². The summed E-state index contributed by atoms with van der Waals surface area (Å²) in [7, 11) is 0. The van der Waals surface area contributed by atoms with E-state index in [1.54, 1.807) is 10.6 Å². The van der Waals surface area contributed by atoms with Crippen molar-refractivity contribution in [1.82, 2.24) is 10.6 Å². The minimum atomic E-state index is -0.938. The molecule has 8 amide bonds. The van der Waals surface area contributed by atoms with Crippen molar-refractivity contribution in [3.05, 3.63) is 48.5 Å². The molecule has 2 aromatic rings. The third-order valence-corrected chi connectivity index (χ3v) is 2.15. The van der Waals surface area contributed by atoms with Crippen LogP contribution in [0.2, 0.25) is 0 Å². The van der Waals surface area contributed by atoms with E-state index >= 15 is 0 Å². The number of nitrogens with one attached hydrogen (secondary N) is 2. The molecule has 0 fully saturated rings. The zero-order valence-electron chi connectivity index (χ0n) is 12.6. The summed E-state index contributed by atoms with van der Waals surface area (Å²) in [5.74, 6) is 0. The summed E-state index contributed by atoms with van der Waals surface area (Å²) < 4.78 is 0. The maximum absolute atomic E-state index is 9.62. The van der Waals surface area contributed by atoms with Gasteiger partial charge in [-0.25, -0.2) is 19.2 Å². The average molecular weight is 334 g/mol. The first kappa shape index (κ1) is 20.2. The normalized spacial score (nSPS) is 8.50. The maximum Gasteiger partial charge on any atom is 0.320 e. The van der Waals surface area contributed by atoms with Crippen molar-refractivity contribution in [2.24, 2.45) is 22.9 Å². The molecule has 0 heterocycles. The van der Waals surface area contributed by atoms with Gasteiger partial charge in [0.2, 0.25) is 0 Å². The van der Waals surface area contributed by atoms with E-state index in [4.69, 9.17) is 0 Å². The van der Waals surface area contributed by atoms with E-state index in [0.717, 1.165) is 0 Å².